The summed E-state index contributed by atoms with van der Waals surface area (Å²) in [6.07, 6.45) is 0.656. The van der Waals surface area contributed by atoms with Gasteiger partial charge in [-0.25, -0.2) is 17.6 Å². The summed E-state index contributed by atoms with van der Waals surface area (Å²) in [5.41, 5.74) is -0.814. The van der Waals surface area contributed by atoms with Gasteiger partial charge in [0.1, 0.15) is 5.82 Å². The average Bonchev–Trinajstić information content (AvgIpc) is 2.66. The van der Waals surface area contributed by atoms with Crippen LogP contribution < -0.4 is 5.32 Å². The van der Waals surface area contributed by atoms with Gasteiger partial charge in [-0.2, -0.15) is 0 Å². The van der Waals surface area contributed by atoms with Crippen molar-refractivity contribution in [2.75, 3.05) is 13.1 Å². The molecule has 9 heteroatoms. The number of hydrogen-bond donors (Lipinski definition) is 1. The molecule has 1 heterocycles. The lowest BCUT2D eigenvalue weighted by Gasteiger charge is -2.32. The van der Waals surface area contributed by atoms with Crippen LogP contribution in [0.4, 0.5) is 17.6 Å². The fraction of sp³-hybridized carbons (Fsp3) is 0.263. The Kier molecular flexibility index (Phi) is 5.88. The van der Waals surface area contributed by atoms with Crippen LogP contribution in [0.2, 0.25) is 5.02 Å². The van der Waals surface area contributed by atoms with Gasteiger partial charge in [0, 0.05) is 19.1 Å². The van der Waals surface area contributed by atoms with E-state index in [0.29, 0.717) is 18.9 Å². The van der Waals surface area contributed by atoms with Gasteiger partial charge in [-0.3, -0.25) is 9.59 Å². The lowest BCUT2D eigenvalue weighted by Crippen LogP contribution is -2.47. The van der Waals surface area contributed by atoms with E-state index in [0.717, 1.165) is 12.1 Å². The number of likely N-dealkylation sites (tertiary alicyclic amines) is 1. The van der Waals surface area contributed by atoms with Crippen molar-refractivity contribution < 1.29 is 27.2 Å². The zero-order valence-corrected chi connectivity index (χ0v) is 15.2. The number of benzene rings is 2. The van der Waals surface area contributed by atoms with Crippen molar-refractivity contribution in [3.8, 4) is 0 Å². The summed E-state index contributed by atoms with van der Waals surface area (Å²) in [6, 6.07) is 5.15. The van der Waals surface area contributed by atoms with Gasteiger partial charge in [-0.1, -0.05) is 17.7 Å². The average molecular weight is 415 g/mol. The lowest BCUT2D eigenvalue weighted by atomic mass is 10.0. The smallest absolute Gasteiger partial charge is 0.256 e. The Morgan fingerprint density at radius 2 is 1.64 bits per heavy atom. The fourth-order valence-corrected chi connectivity index (χ4v) is 3.31. The molecule has 0 atom stereocenters. The van der Waals surface area contributed by atoms with Crippen molar-refractivity contribution in [3.63, 3.8) is 0 Å². The first kappa shape index (κ1) is 20.1. The second-order valence-electron chi connectivity index (χ2n) is 6.36. The Morgan fingerprint density at radius 3 is 2.29 bits per heavy atom. The monoisotopic (exact) mass is 414 g/mol. The van der Waals surface area contributed by atoms with Crippen molar-refractivity contribution in [2.24, 2.45) is 0 Å². The number of hydrogen-bond acceptors (Lipinski definition) is 2. The van der Waals surface area contributed by atoms with Gasteiger partial charge in [0.15, 0.2) is 17.5 Å². The number of carbonyl (C=O) groups is 2. The molecule has 1 N–H and O–H groups in total. The Balaban J connectivity index is 1.63. The molecule has 0 bridgehead atoms. The molecule has 0 saturated carbocycles. The Bertz CT molecular complexity index is 910. The molecule has 2 aromatic carbocycles. The molecule has 0 unspecified atom stereocenters. The molecule has 2 aromatic rings. The van der Waals surface area contributed by atoms with Gasteiger partial charge in [-0.05, 0) is 37.1 Å². The SMILES string of the molecule is O=C(NC1CCN(C(=O)c2ccc(F)c(F)c2F)CC1)c1c(F)cccc1Cl. The van der Waals surface area contributed by atoms with E-state index >= 15 is 0 Å². The predicted molar refractivity (Wildman–Crippen MR) is 94.1 cm³/mol. The van der Waals surface area contributed by atoms with Crippen molar-refractivity contribution in [1.82, 2.24) is 10.2 Å². The van der Waals surface area contributed by atoms with Gasteiger partial charge in [0.25, 0.3) is 11.8 Å². The minimum Gasteiger partial charge on any atom is -0.349 e. The molecule has 1 fully saturated rings. The molecule has 1 aliphatic rings. The third-order valence-electron chi connectivity index (χ3n) is 4.57. The standard InChI is InChI=1S/C19H15ClF4N2O2/c20-12-2-1-3-13(21)15(12)18(27)25-10-6-8-26(9-7-10)19(28)11-4-5-14(22)17(24)16(11)23/h1-5,10H,6-9H2,(H,25,27). The third kappa shape index (κ3) is 3.96. The summed E-state index contributed by atoms with van der Waals surface area (Å²) in [7, 11) is 0. The Hall–Kier alpha value is -2.61. The fourth-order valence-electron chi connectivity index (χ4n) is 3.06. The van der Waals surface area contributed by atoms with Crippen LogP contribution in [0, 0.1) is 23.3 Å². The number of halogens is 5. The van der Waals surface area contributed by atoms with Gasteiger partial charge in [0.2, 0.25) is 0 Å². The van der Waals surface area contributed by atoms with Crippen LogP contribution >= 0.6 is 11.6 Å². The van der Waals surface area contributed by atoms with E-state index in [-0.39, 0.29) is 29.7 Å². The minimum atomic E-state index is -1.70. The largest absolute Gasteiger partial charge is 0.349 e. The second-order valence-corrected chi connectivity index (χ2v) is 6.77. The highest BCUT2D eigenvalue weighted by Crippen LogP contribution is 2.22. The summed E-state index contributed by atoms with van der Waals surface area (Å²) >= 11 is 5.87. The highest BCUT2D eigenvalue weighted by atomic mass is 35.5. The molecule has 28 heavy (non-hydrogen) atoms. The van der Waals surface area contributed by atoms with Crippen LogP contribution in [0.15, 0.2) is 30.3 Å². The summed E-state index contributed by atoms with van der Waals surface area (Å²) < 4.78 is 54.0. The topological polar surface area (TPSA) is 49.4 Å². The molecule has 4 nitrogen and oxygen atoms in total. The van der Waals surface area contributed by atoms with E-state index in [1.807, 2.05) is 0 Å². The molecular formula is C19H15ClF4N2O2. The molecule has 0 radical (unpaired) electrons. The number of piperidine rings is 1. The maximum atomic E-state index is 13.8. The van der Waals surface area contributed by atoms with Crippen molar-refractivity contribution in [3.05, 3.63) is 69.8 Å². The first-order valence-electron chi connectivity index (χ1n) is 8.47. The van der Waals surface area contributed by atoms with Gasteiger partial charge in [-0.15, -0.1) is 0 Å². The van der Waals surface area contributed by atoms with E-state index in [1.54, 1.807) is 0 Å². The molecule has 0 aromatic heterocycles. The molecule has 2 amide bonds. The summed E-state index contributed by atoms with van der Waals surface area (Å²) in [5.74, 6) is -6.78. The van der Waals surface area contributed by atoms with E-state index in [4.69, 9.17) is 11.6 Å². The number of carbonyl (C=O) groups excluding carboxylic acids is 2. The summed E-state index contributed by atoms with van der Waals surface area (Å²) in [5, 5.41) is 2.64. The first-order valence-corrected chi connectivity index (χ1v) is 8.85. The second kappa shape index (κ2) is 8.18. The molecule has 1 saturated heterocycles. The van der Waals surface area contributed by atoms with E-state index < -0.39 is 40.6 Å². The highest BCUT2D eigenvalue weighted by Gasteiger charge is 2.28. The van der Waals surface area contributed by atoms with Crippen molar-refractivity contribution in [1.29, 1.82) is 0 Å². The van der Waals surface area contributed by atoms with Gasteiger partial charge >= 0.3 is 0 Å². The maximum absolute atomic E-state index is 13.8. The molecular weight excluding hydrogens is 400 g/mol. The van der Waals surface area contributed by atoms with Crippen LogP contribution in [0.5, 0.6) is 0 Å². The van der Waals surface area contributed by atoms with Crippen LogP contribution in [0.1, 0.15) is 33.6 Å². The van der Waals surface area contributed by atoms with Crippen LogP contribution in [0.3, 0.4) is 0 Å². The van der Waals surface area contributed by atoms with E-state index in [1.165, 1.54) is 17.0 Å². The number of rotatable bonds is 3. The molecule has 3 rings (SSSR count). The maximum Gasteiger partial charge on any atom is 0.256 e. The quantitative estimate of drug-likeness (QED) is 0.611. The van der Waals surface area contributed by atoms with Gasteiger partial charge in [0.05, 0.1) is 16.1 Å². The summed E-state index contributed by atoms with van der Waals surface area (Å²) in [4.78, 5) is 25.9. The number of nitrogens with one attached hydrogen (secondary N) is 1. The third-order valence-corrected chi connectivity index (χ3v) is 4.89. The molecule has 148 valence electrons. The Labute approximate surface area is 163 Å². The van der Waals surface area contributed by atoms with Crippen LogP contribution in [-0.2, 0) is 0 Å². The molecule has 1 aliphatic heterocycles. The normalized spacial score (nSPS) is 14.8. The van der Waals surface area contributed by atoms with Crippen molar-refractivity contribution >= 4 is 23.4 Å². The number of amides is 2. The van der Waals surface area contributed by atoms with Crippen LogP contribution in [0.25, 0.3) is 0 Å². The van der Waals surface area contributed by atoms with Crippen LogP contribution in [-0.4, -0.2) is 35.8 Å². The molecule has 0 aliphatic carbocycles. The minimum absolute atomic E-state index is 0.0149. The zero-order valence-electron chi connectivity index (χ0n) is 14.4. The van der Waals surface area contributed by atoms with Crippen molar-refractivity contribution in [2.45, 2.75) is 18.9 Å². The first-order chi connectivity index (χ1) is 13.3. The zero-order chi connectivity index (χ0) is 20.4. The number of nitrogens with zero attached hydrogens (tertiary/aromatic N) is 1. The van der Waals surface area contributed by atoms with Gasteiger partial charge < -0.3 is 10.2 Å². The predicted octanol–water partition coefficient (Wildman–Crippen LogP) is 3.93. The van der Waals surface area contributed by atoms with E-state index in [2.05, 4.69) is 5.32 Å². The lowest BCUT2D eigenvalue weighted by molar-refractivity contribution is 0.0692. The molecule has 0 spiro atoms. The Morgan fingerprint density at radius 1 is 0.964 bits per heavy atom. The summed E-state index contributed by atoms with van der Waals surface area (Å²) in [6.45, 7) is 0.320. The van der Waals surface area contributed by atoms with E-state index in [9.17, 15) is 27.2 Å². The highest BCUT2D eigenvalue weighted by molar-refractivity contribution is 6.33.